The number of nitrogens with one attached hydrogen (secondary N) is 1. The second kappa shape index (κ2) is 8.97. The van der Waals surface area contributed by atoms with Crippen LogP contribution in [0.4, 0.5) is 5.69 Å². The number of aryl methyl sites for hydroxylation is 1. The fraction of sp³-hybridized carbons (Fsp3) is 0.182. The van der Waals surface area contributed by atoms with Crippen molar-refractivity contribution >= 4 is 27.9 Å². The maximum Gasteiger partial charge on any atom is 0.275 e. The van der Waals surface area contributed by atoms with E-state index < -0.39 is 0 Å². The first-order chi connectivity index (χ1) is 15.1. The van der Waals surface area contributed by atoms with Crippen LogP contribution in [0.1, 0.15) is 28.0 Å². The number of hydrogen-bond donors (Lipinski definition) is 1. The van der Waals surface area contributed by atoms with E-state index in [0.717, 1.165) is 11.4 Å². The molecule has 31 heavy (non-hydrogen) atoms. The summed E-state index contributed by atoms with van der Waals surface area (Å²) in [5.74, 6) is 0.993. The summed E-state index contributed by atoms with van der Waals surface area (Å²) in [5.41, 5.74) is 1.39. The average Bonchev–Trinajstić information content (AvgIpc) is 3.22. The minimum atomic E-state index is -0.239. The molecule has 8 nitrogen and oxygen atoms in total. The number of amides is 1. The molecule has 0 bridgehead atoms. The normalized spacial score (nSPS) is 10.8. The average molecular weight is 436 g/mol. The maximum atomic E-state index is 12.4. The zero-order chi connectivity index (χ0) is 21.8. The summed E-state index contributed by atoms with van der Waals surface area (Å²) in [5, 5.41) is 7.93. The van der Waals surface area contributed by atoms with Crippen LogP contribution in [0.2, 0.25) is 0 Å². The number of anilines is 1. The molecule has 2 aromatic heterocycles. The number of methoxy groups -OCH3 is 1. The van der Waals surface area contributed by atoms with E-state index in [-0.39, 0.29) is 18.1 Å². The lowest BCUT2D eigenvalue weighted by Crippen LogP contribution is -2.16. The van der Waals surface area contributed by atoms with Gasteiger partial charge in [-0.05, 0) is 42.8 Å². The second-order valence-corrected chi connectivity index (χ2v) is 7.67. The molecule has 9 heteroatoms. The van der Waals surface area contributed by atoms with Crippen molar-refractivity contribution in [3.8, 4) is 11.5 Å². The molecule has 158 valence electrons. The van der Waals surface area contributed by atoms with E-state index in [4.69, 9.17) is 9.47 Å². The SMILES string of the molecule is CCc1nn2c(=O)cc(COc3cccc(NC(=O)c4ccc(OC)cc4)c3)nc2s1. The van der Waals surface area contributed by atoms with E-state index in [2.05, 4.69) is 15.4 Å². The van der Waals surface area contributed by atoms with Crippen LogP contribution in [0.5, 0.6) is 11.5 Å². The van der Waals surface area contributed by atoms with Crippen molar-refractivity contribution in [1.29, 1.82) is 0 Å². The number of fused-ring (bicyclic) bond motifs is 1. The van der Waals surface area contributed by atoms with Crippen LogP contribution in [0.3, 0.4) is 0 Å². The predicted molar refractivity (Wildman–Crippen MR) is 118 cm³/mol. The maximum absolute atomic E-state index is 12.4. The van der Waals surface area contributed by atoms with Gasteiger partial charge in [-0.15, -0.1) is 0 Å². The van der Waals surface area contributed by atoms with Gasteiger partial charge in [0.05, 0.1) is 12.8 Å². The zero-order valence-corrected chi connectivity index (χ0v) is 17.8. The quantitative estimate of drug-likeness (QED) is 0.476. The molecule has 4 rings (SSSR count). The van der Waals surface area contributed by atoms with Crippen LogP contribution in [0, 0.1) is 0 Å². The van der Waals surface area contributed by atoms with Gasteiger partial charge in [-0.2, -0.15) is 9.61 Å². The van der Waals surface area contributed by atoms with Gasteiger partial charge in [0.2, 0.25) is 4.96 Å². The van der Waals surface area contributed by atoms with E-state index in [1.165, 1.54) is 21.9 Å². The highest BCUT2D eigenvalue weighted by molar-refractivity contribution is 7.16. The molecule has 1 amide bonds. The van der Waals surface area contributed by atoms with Crippen molar-refractivity contribution in [2.24, 2.45) is 0 Å². The second-order valence-electron chi connectivity index (χ2n) is 6.63. The number of nitrogens with zero attached hydrogens (tertiary/aromatic N) is 3. The molecule has 0 saturated carbocycles. The molecule has 0 aliphatic rings. The Morgan fingerprint density at radius 2 is 1.94 bits per heavy atom. The standard InChI is InChI=1S/C22H20N4O4S/c1-3-19-25-26-20(27)12-16(24-22(26)31-19)13-30-18-6-4-5-15(11-18)23-21(28)14-7-9-17(29-2)10-8-14/h4-12H,3,13H2,1-2H3,(H,23,28). The van der Waals surface area contributed by atoms with Crippen LogP contribution in [-0.2, 0) is 13.0 Å². The number of hydrogen-bond acceptors (Lipinski definition) is 7. The molecule has 0 radical (unpaired) electrons. The Hall–Kier alpha value is -3.72. The lowest BCUT2D eigenvalue weighted by Gasteiger charge is -2.09. The summed E-state index contributed by atoms with van der Waals surface area (Å²) in [6, 6.07) is 15.3. The van der Waals surface area contributed by atoms with E-state index >= 15 is 0 Å². The van der Waals surface area contributed by atoms with E-state index in [9.17, 15) is 9.59 Å². The van der Waals surface area contributed by atoms with Crippen molar-refractivity contribution in [2.75, 3.05) is 12.4 Å². The molecule has 1 N–H and O–H groups in total. The number of ether oxygens (including phenoxy) is 2. The van der Waals surface area contributed by atoms with Gasteiger partial charge in [0, 0.05) is 23.4 Å². The smallest absolute Gasteiger partial charge is 0.275 e. The summed E-state index contributed by atoms with van der Waals surface area (Å²) < 4.78 is 12.2. The van der Waals surface area contributed by atoms with Gasteiger partial charge in [-0.25, -0.2) is 4.98 Å². The Kier molecular flexibility index (Phi) is 5.94. The Morgan fingerprint density at radius 1 is 1.13 bits per heavy atom. The topological polar surface area (TPSA) is 94.8 Å². The first-order valence-electron chi connectivity index (χ1n) is 9.62. The summed E-state index contributed by atoms with van der Waals surface area (Å²) in [4.78, 5) is 29.7. The Morgan fingerprint density at radius 3 is 2.68 bits per heavy atom. The van der Waals surface area contributed by atoms with E-state index in [1.54, 1.807) is 55.6 Å². The van der Waals surface area contributed by atoms with Crippen molar-refractivity contribution in [3.05, 3.63) is 81.2 Å². The largest absolute Gasteiger partial charge is 0.497 e. The first kappa shape index (κ1) is 20.5. The van der Waals surface area contributed by atoms with E-state index in [0.29, 0.717) is 33.4 Å². The van der Waals surface area contributed by atoms with Gasteiger partial charge in [0.1, 0.15) is 23.1 Å². The Bertz CT molecular complexity index is 1280. The lowest BCUT2D eigenvalue weighted by molar-refractivity contribution is 0.102. The molecule has 0 fully saturated rings. The molecule has 0 atom stereocenters. The van der Waals surface area contributed by atoms with Gasteiger partial charge < -0.3 is 14.8 Å². The summed E-state index contributed by atoms with van der Waals surface area (Å²) in [6.45, 7) is 2.11. The molecule has 2 heterocycles. The molecule has 2 aromatic carbocycles. The van der Waals surface area contributed by atoms with Gasteiger partial charge >= 0.3 is 0 Å². The molecule has 4 aromatic rings. The van der Waals surface area contributed by atoms with Crippen LogP contribution < -0.4 is 20.3 Å². The van der Waals surface area contributed by atoms with Crippen molar-refractivity contribution in [2.45, 2.75) is 20.0 Å². The third-order valence-corrected chi connectivity index (χ3v) is 5.53. The monoisotopic (exact) mass is 436 g/mol. The number of rotatable bonds is 7. The van der Waals surface area contributed by atoms with Crippen LogP contribution in [0.25, 0.3) is 4.96 Å². The van der Waals surface area contributed by atoms with Gasteiger partial charge in [0.25, 0.3) is 11.5 Å². The number of benzene rings is 2. The van der Waals surface area contributed by atoms with Crippen LogP contribution >= 0.6 is 11.3 Å². The molecule has 0 unspecified atom stereocenters. The van der Waals surface area contributed by atoms with Gasteiger partial charge in [-0.3, -0.25) is 9.59 Å². The number of carbonyl (C=O) groups is 1. The Balaban J connectivity index is 1.44. The fourth-order valence-corrected chi connectivity index (χ4v) is 3.74. The summed E-state index contributed by atoms with van der Waals surface area (Å²) >= 11 is 1.39. The minimum absolute atomic E-state index is 0.126. The molecule has 0 aliphatic heterocycles. The highest BCUT2D eigenvalue weighted by Gasteiger charge is 2.10. The summed E-state index contributed by atoms with van der Waals surface area (Å²) in [6.07, 6.45) is 0.744. The minimum Gasteiger partial charge on any atom is -0.497 e. The third-order valence-electron chi connectivity index (χ3n) is 4.47. The van der Waals surface area contributed by atoms with Gasteiger partial charge in [0.15, 0.2) is 0 Å². The highest BCUT2D eigenvalue weighted by atomic mass is 32.1. The third kappa shape index (κ3) is 4.72. The fourth-order valence-electron chi connectivity index (χ4n) is 2.88. The van der Waals surface area contributed by atoms with Crippen molar-refractivity contribution in [3.63, 3.8) is 0 Å². The Labute approximate surface area is 182 Å². The first-order valence-corrected chi connectivity index (χ1v) is 10.4. The predicted octanol–water partition coefficient (Wildman–Crippen LogP) is 3.55. The van der Waals surface area contributed by atoms with Gasteiger partial charge in [-0.1, -0.05) is 24.3 Å². The number of aromatic nitrogens is 3. The zero-order valence-electron chi connectivity index (χ0n) is 17.0. The lowest BCUT2D eigenvalue weighted by atomic mass is 10.2. The molecule has 0 spiro atoms. The van der Waals surface area contributed by atoms with Crippen LogP contribution in [-0.4, -0.2) is 27.6 Å². The van der Waals surface area contributed by atoms with Crippen LogP contribution in [0.15, 0.2) is 59.4 Å². The molecule has 0 aliphatic carbocycles. The highest BCUT2D eigenvalue weighted by Crippen LogP contribution is 2.20. The number of carbonyl (C=O) groups excluding carboxylic acids is 1. The molecular formula is C22H20N4O4S. The molecular weight excluding hydrogens is 416 g/mol. The van der Waals surface area contributed by atoms with E-state index in [1.807, 2.05) is 6.92 Å². The summed E-state index contributed by atoms with van der Waals surface area (Å²) in [7, 11) is 1.57. The van der Waals surface area contributed by atoms with Crippen molar-refractivity contribution < 1.29 is 14.3 Å². The van der Waals surface area contributed by atoms with Crippen molar-refractivity contribution in [1.82, 2.24) is 14.6 Å². The molecule has 0 saturated heterocycles.